The lowest BCUT2D eigenvalue weighted by Gasteiger charge is -2.21. The number of nitrogens with zero attached hydrogens (tertiary/aromatic N) is 1. The first-order chi connectivity index (χ1) is 11.5. The third-order valence-electron chi connectivity index (χ3n) is 3.90. The normalized spacial score (nSPS) is 16.6. The Hall–Kier alpha value is -2.77. The molecule has 0 aliphatic carbocycles. The number of carboxylic acid groups (broad SMARTS) is 1. The van der Waals surface area contributed by atoms with Crippen molar-refractivity contribution in [2.45, 2.75) is 18.9 Å². The van der Waals surface area contributed by atoms with Gasteiger partial charge in [-0.2, -0.15) is 0 Å². The lowest BCUT2D eigenvalue weighted by atomic mass is 10.2. The number of amides is 2. The van der Waals surface area contributed by atoms with Crippen LogP contribution in [0.15, 0.2) is 18.2 Å². The van der Waals surface area contributed by atoms with E-state index in [0.29, 0.717) is 36.4 Å². The van der Waals surface area contributed by atoms with E-state index in [2.05, 4.69) is 5.32 Å². The number of rotatable bonds is 6. The first kappa shape index (κ1) is 17.6. The summed E-state index contributed by atoms with van der Waals surface area (Å²) in [5.41, 5.74) is 0.316. The zero-order valence-corrected chi connectivity index (χ0v) is 13.6. The molecule has 1 fully saturated rings. The summed E-state index contributed by atoms with van der Waals surface area (Å²) in [6.07, 6.45) is 1.08. The van der Waals surface area contributed by atoms with Crippen LogP contribution in [0.4, 0.5) is 0 Å². The maximum absolute atomic E-state index is 12.2. The highest BCUT2D eigenvalue weighted by molar-refractivity contribution is 5.97. The predicted molar refractivity (Wildman–Crippen MR) is 84.3 cm³/mol. The van der Waals surface area contributed by atoms with Crippen LogP contribution in [0, 0.1) is 0 Å². The Labute approximate surface area is 139 Å². The molecule has 0 saturated carbocycles. The summed E-state index contributed by atoms with van der Waals surface area (Å²) in [4.78, 5) is 36.7. The van der Waals surface area contributed by atoms with Crippen LogP contribution in [0.25, 0.3) is 0 Å². The molecule has 2 N–H and O–H groups in total. The average Bonchev–Trinajstić information content (AvgIpc) is 3.08. The molecule has 8 heteroatoms. The minimum atomic E-state index is -1.02. The van der Waals surface area contributed by atoms with E-state index in [0.717, 1.165) is 0 Å². The Morgan fingerprint density at radius 2 is 1.96 bits per heavy atom. The van der Waals surface area contributed by atoms with Gasteiger partial charge in [0.15, 0.2) is 11.5 Å². The highest BCUT2D eigenvalue weighted by Crippen LogP contribution is 2.27. The topological polar surface area (TPSA) is 105 Å². The largest absolute Gasteiger partial charge is 0.493 e. The molecule has 1 aliphatic rings. The molecule has 1 aromatic rings. The summed E-state index contributed by atoms with van der Waals surface area (Å²) in [5.74, 6) is -0.982. The second-order valence-electron chi connectivity index (χ2n) is 5.34. The van der Waals surface area contributed by atoms with Crippen molar-refractivity contribution in [1.82, 2.24) is 10.2 Å². The molecule has 0 bridgehead atoms. The Morgan fingerprint density at radius 1 is 1.25 bits per heavy atom. The van der Waals surface area contributed by atoms with Crippen molar-refractivity contribution >= 4 is 17.8 Å². The van der Waals surface area contributed by atoms with Gasteiger partial charge in [0.1, 0.15) is 6.04 Å². The summed E-state index contributed by atoms with van der Waals surface area (Å²) in [7, 11) is 2.95. The van der Waals surface area contributed by atoms with Gasteiger partial charge in [0.25, 0.3) is 5.91 Å². The van der Waals surface area contributed by atoms with Gasteiger partial charge in [-0.05, 0) is 31.0 Å². The minimum absolute atomic E-state index is 0.253. The van der Waals surface area contributed by atoms with Gasteiger partial charge in [-0.1, -0.05) is 0 Å². The molecular formula is C16H20N2O6. The standard InChI is InChI=1S/C16H20N2O6/c1-23-12-6-5-10(8-13(12)24-2)15(20)17-9-14(19)18-7-3-4-11(18)16(21)22/h5-6,8,11H,3-4,7,9H2,1-2H3,(H,17,20)(H,21,22). The van der Waals surface area contributed by atoms with Crippen LogP contribution in [0.2, 0.25) is 0 Å². The Bertz CT molecular complexity index is 645. The monoisotopic (exact) mass is 336 g/mol. The van der Waals surface area contributed by atoms with Crippen molar-refractivity contribution in [3.63, 3.8) is 0 Å². The third kappa shape index (κ3) is 3.76. The average molecular weight is 336 g/mol. The number of ether oxygens (including phenoxy) is 2. The van der Waals surface area contributed by atoms with Crippen molar-refractivity contribution in [1.29, 1.82) is 0 Å². The van der Waals surface area contributed by atoms with E-state index in [1.165, 1.54) is 25.2 Å². The second kappa shape index (κ2) is 7.67. The zero-order chi connectivity index (χ0) is 17.7. The number of carboxylic acids is 1. The summed E-state index contributed by atoms with van der Waals surface area (Å²) in [6, 6.07) is 3.85. The zero-order valence-electron chi connectivity index (χ0n) is 13.6. The minimum Gasteiger partial charge on any atom is -0.493 e. The first-order valence-electron chi connectivity index (χ1n) is 7.50. The Morgan fingerprint density at radius 3 is 2.58 bits per heavy atom. The molecule has 1 aliphatic heterocycles. The van der Waals surface area contributed by atoms with E-state index in [1.807, 2.05) is 0 Å². The van der Waals surface area contributed by atoms with E-state index in [1.54, 1.807) is 12.1 Å². The summed E-state index contributed by atoms with van der Waals surface area (Å²) in [5, 5.41) is 11.6. The van der Waals surface area contributed by atoms with Crippen LogP contribution in [0.3, 0.4) is 0 Å². The summed E-state index contributed by atoms with van der Waals surface area (Å²) < 4.78 is 10.2. The lowest BCUT2D eigenvalue weighted by molar-refractivity contribution is -0.147. The number of aliphatic carboxylic acids is 1. The summed E-state index contributed by atoms with van der Waals surface area (Å²) >= 11 is 0. The van der Waals surface area contributed by atoms with Gasteiger partial charge in [0, 0.05) is 12.1 Å². The van der Waals surface area contributed by atoms with Gasteiger partial charge in [-0.3, -0.25) is 9.59 Å². The smallest absolute Gasteiger partial charge is 0.326 e. The molecule has 2 rings (SSSR count). The molecule has 0 radical (unpaired) electrons. The molecule has 24 heavy (non-hydrogen) atoms. The Balaban J connectivity index is 1.98. The molecular weight excluding hydrogens is 316 g/mol. The van der Waals surface area contributed by atoms with Crippen LogP contribution >= 0.6 is 0 Å². The van der Waals surface area contributed by atoms with Crippen molar-refractivity contribution in [2.75, 3.05) is 27.3 Å². The molecule has 0 aromatic heterocycles. The predicted octanol–water partition coefficient (Wildman–Crippen LogP) is 0.509. The number of nitrogens with one attached hydrogen (secondary N) is 1. The number of hydrogen-bond acceptors (Lipinski definition) is 5. The van der Waals surface area contributed by atoms with Crippen LogP contribution in [0.1, 0.15) is 23.2 Å². The van der Waals surface area contributed by atoms with E-state index >= 15 is 0 Å². The maximum atomic E-state index is 12.2. The molecule has 130 valence electrons. The highest BCUT2D eigenvalue weighted by atomic mass is 16.5. The third-order valence-corrected chi connectivity index (χ3v) is 3.90. The summed E-state index contributed by atoms with van der Waals surface area (Å²) in [6.45, 7) is 0.138. The highest BCUT2D eigenvalue weighted by Gasteiger charge is 2.33. The van der Waals surface area contributed by atoms with E-state index in [-0.39, 0.29) is 6.54 Å². The molecule has 8 nitrogen and oxygen atoms in total. The van der Waals surface area contributed by atoms with Gasteiger partial charge in [0.2, 0.25) is 5.91 Å². The number of methoxy groups -OCH3 is 2. The quantitative estimate of drug-likeness (QED) is 0.784. The fourth-order valence-electron chi connectivity index (χ4n) is 2.66. The van der Waals surface area contributed by atoms with Crippen LogP contribution in [0.5, 0.6) is 11.5 Å². The second-order valence-corrected chi connectivity index (χ2v) is 5.34. The van der Waals surface area contributed by atoms with Crippen molar-refractivity contribution in [2.24, 2.45) is 0 Å². The fourth-order valence-corrected chi connectivity index (χ4v) is 2.66. The van der Waals surface area contributed by atoms with Crippen LogP contribution < -0.4 is 14.8 Å². The SMILES string of the molecule is COc1ccc(C(=O)NCC(=O)N2CCCC2C(=O)O)cc1OC. The maximum Gasteiger partial charge on any atom is 0.326 e. The van der Waals surface area contributed by atoms with Crippen LogP contribution in [-0.4, -0.2) is 61.1 Å². The van der Waals surface area contributed by atoms with Gasteiger partial charge in [-0.15, -0.1) is 0 Å². The molecule has 1 aromatic carbocycles. The number of carbonyl (C=O) groups is 3. The molecule has 0 spiro atoms. The lowest BCUT2D eigenvalue weighted by Crippen LogP contribution is -2.45. The molecule has 2 amide bonds. The van der Waals surface area contributed by atoms with E-state index in [9.17, 15) is 14.4 Å². The van der Waals surface area contributed by atoms with Crippen molar-refractivity contribution in [3.8, 4) is 11.5 Å². The van der Waals surface area contributed by atoms with Crippen molar-refractivity contribution in [3.05, 3.63) is 23.8 Å². The fraction of sp³-hybridized carbons (Fsp3) is 0.438. The molecule has 1 heterocycles. The van der Waals surface area contributed by atoms with Gasteiger partial charge < -0.3 is 24.8 Å². The molecule has 1 saturated heterocycles. The number of likely N-dealkylation sites (tertiary alicyclic amines) is 1. The molecule has 1 unspecified atom stereocenters. The van der Waals surface area contributed by atoms with Crippen LogP contribution in [-0.2, 0) is 9.59 Å². The number of hydrogen-bond donors (Lipinski definition) is 2. The van der Waals surface area contributed by atoms with Gasteiger partial charge in [0.05, 0.1) is 20.8 Å². The van der Waals surface area contributed by atoms with Crippen molar-refractivity contribution < 1.29 is 29.0 Å². The number of benzene rings is 1. The van der Waals surface area contributed by atoms with Gasteiger partial charge in [-0.25, -0.2) is 4.79 Å². The Kier molecular flexibility index (Phi) is 5.62. The van der Waals surface area contributed by atoms with E-state index in [4.69, 9.17) is 14.6 Å². The number of carbonyl (C=O) groups excluding carboxylic acids is 2. The first-order valence-corrected chi connectivity index (χ1v) is 7.50. The van der Waals surface area contributed by atoms with Gasteiger partial charge >= 0.3 is 5.97 Å². The van der Waals surface area contributed by atoms with E-state index < -0.39 is 23.8 Å². The molecule has 1 atom stereocenters.